The first-order valence-corrected chi connectivity index (χ1v) is 5.37. The zero-order valence-electron chi connectivity index (χ0n) is 9.49. The van der Waals surface area contributed by atoms with E-state index in [2.05, 4.69) is 5.32 Å². The van der Waals surface area contributed by atoms with Crippen LogP contribution in [0.3, 0.4) is 0 Å². The van der Waals surface area contributed by atoms with Gasteiger partial charge in [-0.15, -0.1) is 0 Å². The van der Waals surface area contributed by atoms with Crippen LogP contribution >= 0.6 is 0 Å². The molecular weight excluding hydrogens is 196 g/mol. The number of nitrogens with one attached hydrogen (secondary N) is 1. The van der Waals surface area contributed by atoms with Gasteiger partial charge in [0.15, 0.2) is 0 Å². The molecule has 1 amide bonds. The summed E-state index contributed by atoms with van der Waals surface area (Å²) in [6.07, 6.45) is 2.77. The van der Waals surface area contributed by atoms with E-state index in [-0.39, 0.29) is 5.91 Å². The van der Waals surface area contributed by atoms with Gasteiger partial charge in [0.2, 0.25) is 5.91 Å². The molecule has 1 heterocycles. The highest BCUT2D eigenvalue weighted by molar-refractivity contribution is 5.74. The van der Waals surface area contributed by atoms with Crippen molar-refractivity contribution in [2.45, 2.75) is 25.4 Å². The van der Waals surface area contributed by atoms with Gasteiger partial charge in [-0.1, -0.05) is 0 Å². The summed E-state index contributed by atoms with van der Waals surface area (Å²) in [5, 5.41) is 4.49. The molecule has 0 saturated carbocycles. The summed E-state index contributed by atoms with van der Waals surface area (Å²) in [4.78, 5) is 16.1. The number of hydroxylamine groups is 2. The van der Waals surface area contributed by atoms with Gasteiger partial charge < -0.3 is 10.1 Å². The zero-order chi connectivity index (χ0) is 11.1. The minimum atomic E-state index is -0.0496. The van der Waals surface area contributed by atoms with E-state index < -0.39 is 0 Å². The van der Waals surface area contributed by atoms with E-state index >= 15 is 0 Å². The molecule has 1 rings (SSSR count). The largest absolute Gasteiger partial charge is 0.378 e. The molecule has 1 N–H and O–H groups in total. The van der Waals surface area contributed by atoms with Crippen molar-refractivity contribution in [3.05, 3.63) is 0 Å². The molecule has 0 atom stereocenters. The van der Waals surface area contributed by atoms with Crippen molar-refractivity contribution < 1.29 is 14.4 Å². The van der Waals surface area contributed by atoms with Gasteiger partial charge in [-0.25, -0.2) is 5.06 Å². The average Bonchev–Trinajstić information content (AvgIpc) is 2.29. The second-order valence-corrected chi connectivity index (χ2v) is 3.64. The lowest BCUT2D eigenvalue weighted by molar-refractivity contribution is -0.170. The van der Waals surface area contributed by atoms with Crippen molar-refractivity contribution in [3.8, 4) is 0 Å². The van der Waals surface area contributed by atoms with Crippen LogP contribution in [-0.4, -0.2) is 50.9 Å². The van der Waals surface area contributed by atoms with Gasteiger partial charge in [0, 0.05) is 7.05 Å². The molecular formula is C10H20N2O3. The van der Waals surface area contributed by atoms with Crippen LogP contribution in [0.1, 0.15) is 19.3 Å². The number of carbonyl (C=O) groups excluding carboxylic acids is 1. The number of carbonyl (C=O) groups is 1. The van der Waals surface area contributed by atoms with Crippen LogP contribution in [0.4, 0.5) is 0 Å². The number of ether oxygens (including phenoxy) is 1. The van der Waals surface area contributed by atoms with Gasteiger partial charge in [0.1, 0.15) is 0 Å². The van der Waals surface area contributed by atoms with Gasteiger partial charge in [-0.2, -0.15) is 0 Å². The fourth-order valence-corrected chi connectivity index (χ4v) is 1.53. The minimum Gasteiger partial charge on any atom is -0.378 e. The molecule has 0 radical (unpaired) electrons. The molecule has 0 aromatic rings. The lowest BCUT2D eigenvalue weighted by Crippen LogP contribution is -2.33. The molecule has 0 aliphatic carbocycles. The number of hydrogen-bond acceptors (Lipinski definition) is 4. The highest BCUT2D eigenvalue weighted by Crippen LogP contribution is 2.07. The van der Waals surface area contributed by atoms with Crippen LogP contribution in [0.25, 0.3) is 0 Å². The fourth-order valence-electron chi connectivity index (χ4n) is 1.53. The lowest BCUT2D eigenvalue weighted by atomic mass is 10.1. The maximum Gasteiger partial charge on any atom is 0.248 e. The third kappa shape index (κ3) is 4.59. The summed E-state index contributed by atoms with van der Waals surface area (Å²) in [6.45, 7) is 2.50. The van der Waals surface area contributed by atoms with Gasteiger partial charge in [-0.3, -0.25) is 9.63 Å². The molecule has 1 aliphatic heterocycles. The van der Waals surface area contributed by atoms with Crippen molar-refractivity contribution >= 4 is 5.91 Å². The fraction of sp³-hybridized carbons (Fsp3) is 0.900. The van der Waals surface area contributed by atoms with Gasteiger partial charge in [-0.05, 0) is 25.9 Å². The van der Waals surface area contributed by atoms with E-state index in [1.165, 1.54) is 12.2 Å². The molecule has 0 bridgehead atoms. The number of rotatable bonds is 5. The highest BCUT2D eigenvalue weighted by atomic mass is 16.7. The predicted molar refractivity (Wildman–Crippen MR) is 56.2 cm³/mol. The molecule has 0 spiro atoms. The van der Waals surface area contributed by atoms with Crippen molar-refractivity contribution in [2.75, 3.05) is 33.9 Å². The van der Waals surface area contributed by atoms with Crippen LogP contribution in [-0.2, 0) is 14.4 Å². The quantitative estimate of drug-likeness (QED) is 0.665. The molecule has 0 aromatic carbocycles. The molecule has 15 heavy (non-hydrogen) atoms. The first kappa shape index (κ1) is 12.4. The zero-order valence-corrected chi connectivity index (χ0v) is 9.49. The minimum absolute atomic E-state index is 0.0496. The summed E-state index contributed by atoms with van der Waals surface area (Å²) in [5.74, 6) is -0.0496. The molecule has 1 fully saturated rings. The Labute approximate surface area is 90.7 Å². The smallest absolute Gasteiger partial charge is 0.248 e. The number of piperidine rings is 1. The normalized spacial score (nSPS) is 17.7. The Hall–Kier alpha value is -0.650. The third-order valence-corrected chi connectivity index (χ3v) is 2.58. The first-order valence-electron chi connectivity index (χ1n) is 5.37. The second kappa shape index (κ2) is 6.76. The molecule has 1 saturated heterocycles. The van der Waals surface area contributed by atoms with Crippen LogP contribution in [0.15, 0.2) is 0 Å². The third-order valence-electron chi connectivity index (χ3n) is 2.58. The van der Waals surface area contributed by atoms with Gasteiger partial charge in [0.05, 0.1) is 26.2 Å². The SMILES string of the molecule is CON(C)C(=O)CCOC1CCNCC1. The molecule has 0 unspecified atom stereocenters. The Balaban J connectivity index is 2.07. The van der Waals surface area contributed by atoms with Crippen LogP contribution in [0.2, 0.25) is 0 Å². The summed E-state index contributed by atoms with van der Waals surface area (Å²) in [7, 11) is 3.08. The van der Waals surface area contributed by atoms with Crippen LogP contribution in [0.5, 0.6) is 0 Å². The molecule has 0 aromatic heterocycles. The van der Waals surface area contributed by atoms with Gasteiger partial charge >= 0.3 is 0 Å². The number of hydrogen-bond donors (Lipinski definition) is 1. The topological polar surface area (TPSA) is 50.8 Å². The van der Waals surface area contributed by atoms with Crippen molar-refractivity contribution in [2.24, 2.45) is 0 Å². The Morgan fingerprint density at radius 1 is 1.47 bits per heavy atom. The van der Waals surface area contributed by atoms with Crippen LogP contribution < -0.4 is 5.32 Å². The Kier molecular flexibility index (Phi) is 5.60. The standard InChI is InChI=1S/C10H20N2O3/c1-12(14-2)10(13)5-8-15-9-3-6-11-7-4-9/h9,11H,3-8H2,1-2H3. The maximum atomic E-state index is 11.3. The number of amides is 1. The summed E-state index contributed by atoms with van der Waals surface area (Å²) < 4.78 is 5.61. The van der Waals surface area contributed by atoms with E-state index in [0.29, 0.717) is 19.1 Å². The Morgan fingerprint density at radius 2 is 2.13 bits per heavy atom. The summed E-state index contributed by atoms with van der Waals surface area (Å²) in [5.41, 5.74) is 0. The predicted octanol–water partition coefficient (Wildman–Crippen LogP) is 0.165. The lowest BCUT2D eigenvalue weighted by Gasteiger charge is -2.23. The second-order valence-electron chi connectivity index (χ2n) is 3.64. The van der Waals surface area contributed by atoms with E-state index in [9.17, 15) is 4.79 Å². The van der Waals surface area contributed by atoms with Gasteiger partial charge in [0.25, 0.3) is 0 Å². The Bertz CT molecular complexity index is 193. The molecule has 5 nitrogen and oxygen atoms in total. The Morgan fingerprint density at radius 3 is 2.73 bits per heavy atom. The van der Waals surface area contributed by atoms with E-state index in [0.717, 1.165) is 25.9 Å². The maximum absolute atomic E-state index is 11.3. The van der Waals surface area contributed by atoms with Crippen molar-refractivity contribution in [1.29, 1.82) is 0 Å². The van der Waals surface area contributed by atoms with E-state index in [1.807, 2.05) is 0 Å². The van der Waals surface area contributed by atoms with Crippen LogP contribution in [0, 0.1) is 0 Å². The van der Waals surface area contributed by atoms with Crippen molar-refractivity contribution in [1.82, 2.24) is 10.4 Å². The number of nitrogens with zero attached hydrogens (tertiary/aromatic N) is 1. The monoisotopic (exact) mass is 216 g/mol. The highest BCUT2D eigenvalue weighted by Gasteiger charge is 2.14. The molecule has 88 valence electrons. The average molecular weight is 216 g/mol. The van der Waals surface area contributed by atoms with E-state index in [1.54, 1.807) is 7.05 Å². The molecule has 1 aliphatic rings. The van der Waals surface area contributed by atoms with E-state index in [4.69, 9.17) is 9.57 Å². The summed E-state index contributed by atoms with van der Waals surface area (Å²) in [6, 6.07) is 0. The molecule has 5 heteroatoms. The van der Waals surface area contributed by atoms with Crippen molar-refractivity contribution in [3.63, 3.8) is 0 Å². The summed E-state index contributed by atoms with van der Waals surface area (Å²) >= 11 is 0. The first-order chi connectivity index (χ1) is 7.24.